The Balaban J connectivity index is 1.76. The smallest absolute Gasteiger partial charge is 0.253 e. The Labute approximate surface area is 130 Å². The summed E-state index contributed by atoms with van der Waals surface area (Å²) in [5, 5.41) is 3.79. The Bertz CT molecular complexity index is 793. The Morgan fingerprint density at radius 1 is 1.19 bits per heavy atom. The summed E-state index contributed by atoms with van der Waals surface area (Å²) in [6.45, 7) is 0.494. The number of carbonyl (C=O) groups excluding carboxylic acids is 1. The highest BCUT2D eigenvalue weighted by atomic mass is 79.9. The summed E-state index contributed by atoms with van der Waals surface area (Å²) >= 11 is 3.39. The number of rotatable bonds is 3. The predicted octanol–water partition coefficient (Wildman–Crippen LogP) is 3.44. The lowest BCUT2D eigenvalue weighted by atomic mass is 10.1. The molecule has 0 fully saturated rings. The van der Waals surface area contributed by atoms with Gasteiger partial charge in [0.15, 0.2) is 0 Å². The minimum atomic E-state index is -0.103. The van der Waals surface area contributed by atoms with Crippen molar-refractivity contribution in [1.29, 1.82) is 0 Å². The molecule has 1 amide bonds. The SMILES string of the molecule is Nc1ccc2c(C(=O)NCc3ccc(Br)cc3)c[nH]c2c1. The quantitative estimate of drug-likeness (QED) is 0.637. The third kappa shape index (κ3) is 2.92. The molecule has 0 saturated heterocycles. The van der Waals surface area contributed by atoms with Gasteiger partial charge in [-0.15, -0.1) is 0 Å². The molecule has 106 valence electrons. The van der Waals surface area contributed by atoms with Crippen molar-refractivity contribution in [3.63, 3.8) is 0 Å². The fourth-order valence-corrected chi connectivity index (χ4v) is 2.48. The molecule has 0 aliphatic carbocycles. The van der Waals surface area contributed by atoms with E-state index in [9.17, 15) is 4.79 Å². The summed E-state index contributed by atoms with van der Waals surface area (Å²) in [6.07, 6.45) is 1.71. The van der Waals surface area contributed by atoms with Gasteiger partial charge in [0.25, 0.3) is 5.91 Å². The second kappa shape index (κ2) is 5.61. The topological polar surface area (TPSA) is 70.9 Å². The Morgan fingerprint density at radius 3 is 2.71 bits per heavy atom. The van der Waals surface area contributed by atoms with Crippen molar-refractivity contribution in [3.05, 3.63) is 64.3 Å². The standard InChI is InChI=1S/C16H14BrN3O/c17-11-3-1-10(2-4-11)8-20-16(21)14-9-19-15-7-12(18)5-6-13(14)15/h1-7,9,19H,8,18H2,(H,20,21). The Hall–Kier alpha value is -2.27. The van der Waals surface area contributed by atoms with Crippen molar-refractivity contribution in [2.75, 3.05) is 5.73 Å². The highest BCUT2D eigenvalue weighted by Gasteiger charge is 2.11. The van der Waals surface area contributed by atoms with E-state index >= 15 is 0 Å². The van der Waals surface area contributed by atoms with Gasteiger partial charge in [0, 0.05) is 33.8 Å². The molecule has 4 nitrogen and oxygen atoms in total. The van der Waals surface area contributed by atoms with Crippen molar-refractivity contribution in [1.82, 2.24) is 10.3 Å². The van der Waals surface area contributed by atoms with Gasteiger partial charge in [0.2, 0.25) is 0 Å². The number of carbonyl (C=O) groups is 1. The van der Waals surface area contributed by atoms with E-state index in [1.165, 1.54) is 0 Å². The maximum Gasteiger partial charge on any atom is 0.253 e. The lowest BCUT2D eigenvalue weighted by molar-refractivity contribution is 0.0952. The zero-order valence-corrected chi connectivity index (χ0v) is 12.8. The average Bonchev–Trinajstić information content (AvgIpc) is 2.89. The molecule has 21 heavy (non-hydrogen) atoms. The summed E-state index contributed by atoms with van der Waals surface area (Å²) in [6, 6.07) is 13.3. The van der Waals surface area contributed by atoms with E-state index in [0.717, 1.165) is 20.9 Å². The van der Waals surface area contributed by atoms with Crippen LogP contribution in [0.4, 0.5) is 5.69 Å². The van der Waals surface area contributed by atoms with Gasteiger partial charge in [-0.25, -0.2) is 0 Å². The first kappa shape index (κ1) is 13.7. The highest BCUT2D eigenvalue weighted by molar-refractivity contribution is 9.10. The van der Waals surface area contributed by atoms with Crippen LogP contribution in [0.15, 0.2) is 53.1 Å². The van der Waals surface area contributed by atoms with Crippen LogP contribution in [-0.2, 0) is 6.54 Å². The van der Waals surface area contributed by atoms with Crippen LogP contribution < -0.4 is 11.1 Å². The van der Waals surface area contributed by atoms with Crippen molar-refractivity contribution in [2.24, 2.45) is 0 Å². The number of fused-ring (bicyclic) bond motifs is 1. The van der Waals surface area contributed by atoms with E-state index in [0.29, 0.717) is 17.8 Å². The van der Waals surface area contributed by atoms with Gasteiger partial charge in [0.1, 0.15) is 0 Å². The van der Waals surface area contributed by atoms with Crippen LogP contribution in [0.1, 0.15) is 15.9 Å². The number of aromatic amines is 1. The number of aromatic nitrogens is 1. The normalized spacial score (nSPS) is 10.7. The Morgan fingerprint density at radius 2 is 1.95 bits per heavy atom. The fraction of sp³-hybridized carbons (Fsp3) is 0.0625. The van der Waals surface area contributed by atoms with Crippen molar-refractivity contribution < 1.29 is 4.79 Å². The molecule has 3 rings (SSSR count). The molecule has 1 aromatic heterocycles. The Kier molecular flexibility index (Phi) is 3.66. The molecule has 1 heterocycles. The van der Waals surface area contributed by atoms with Gasteiger partial charge in [-0.1, -0.05) is 28.1 Å². The first-order chi connectivity index (χ1) is 10.1. The van der Waals surface area contributed by atoms with E-state index in [1.807, 2.05) is 36.4 Å². The van der Waals surface area contributed by atoms with Crippen LogP contribution in [-0.4, -0.2) is 10.9 Å². The number of benzene rings is 2. The maximum atomic E-state index is 12.3. The summed E-state index contributed by atoms with van der Waals surface area (Å²) in [5.41, 5.74) is 8.95. The van der Waals surface area contributed by atoms with E-state index in [4.69, 9.17) is 5.73 Å². The number of nitrogen functional groups attached to an aromatic ring is 1. The molecule has 0 saturated carbocycles. The van der Waals surface area contributed by atoms with Crippen LogP contribution in [0, 0.1) is 0 Å². The van der Waals surface area contributed by atoms with Gasteiger partial charge < -0.3 is 16.0 Å². The largest absolute Gasteiger partial charge is 0.399 e. The zero-order chi connectivity index (χ0) is 14.8. The molecule has 0 radical (unpaired) electrons. The molecule has 5 heteroatoms. The molecular weight excluding hydrogens is 330 g/mol. The number of anilines is 1. The van der Waals surface area contributed by atoms with E-state index in [-0.39, 0.29) is 5.91 Å². The van der Waals surface area contributed by atoms with Crippen molar-refractivity contribution in [2.45, 2.75) is 6.54 Å². The second-order valence-corrected chi connectivity index (χ2v) is 5.73. The average molecular weight is 344 g/mol. The van der Waals surface area contributed by atoms with Crippen LogP contribution in [0.5, 0.6) is 0 Å². The number of amides is 1. The molecule has 3 aromatic rings. The van der Waals surface area contributed by atoms with E-state index in [1.54, 1.807) is 12.3 Å². The van der Waals surface area contributed by atoms with E-state index in [2.05, 4.69) is 26.2 Å². The molecule has 0 aliphatic heterocycles. The van der Waals surface area contributed by atoms with Crippen LogP contribution in [0.2, 0.25) is 0 Å². The monoisotopic (exact) mass is 343 g/mol. The summed E-state index contributed by atoms with van der Waals surface area (Å²) in [4.78, 5) is 15.3. The molecule has 2 aromatic carbocycles. The second-order valence-electron chi connectivity index (χ2n) is 4.82. The van der Waals surface area contributed by atoms with Crippen LogP contribution >= 0.6 is 15.9 Å². The minimum absolute atomic E-state index is 0.103. The molecule has 0 bridgehead atoms. The van der Waals surface area contributed by atoms with Gasteiger partial charge in [-0.2, -0.15) is 0 Å². The minimum Gasteiger partial charge on any atom is -0.399 e. The molecule has 0 aliphatic rings. The van der Waals surface area contributed by atoms with Crippen LogP contribution in [0.3, 0.4) is 0 Å². The van der Waals surface area contributed by atoms with Gasteiger partial charge >= 0.3 is 0 Å². The molecule has 0 spiro atoms. The zero-order valence-electron chi connectivity index (χ0n) is 11.2. The predicted molar refractivity (Wildman–Crippen MR) is 88.0 cm³/mol. The van der Waals surface area contributed by atoms with Gasteiger partial charge in [-0.05, 0) is 35.9 Å². The number of nitrogens with two attached hydrogens (primary N) is 1. The van der Waals surface area contributed by atoms with Crippen molar-refractivity contribution in [3.8, 4) is 0 Å². The number of nitrogens with one attached hydrogen (secondary N) is 2. The molecule has 0 unspecified atom stereocenters. The lowest BCUT2D eigenvalue weighted by Crippen LogP contribution is -2.22. The summed E-state index contributed by atoms with van der Waals surface area (Å²) < 4.78 is 1.02. The number of hydrogen-bond donors (Lipinski definition) is 3. The molecule has 4 N–H and O–H groups in total. The number of halogens is 1. The maximum absolute atomic E-state index is 12.3. The van der Waals surface area contributed by atoms with Gasteiger partial charge in [-0.3, -0.25) is 4.79 Å². The van der Waals surface area contributed by atoms with Gasteiger partial charge in [0.05, 0.1) is 5.56 Å². The number of hydrogen-bond acceptors (Lipinski definition) is 2. The lowest BCUT2D eigenvalue weighted by Gasteiger charge is -2.05. The first-order valence-electron chi connectivity index (χ1n) is 6.53. The first-order valence-corrected chi connectivity index (χ1v) is 7.32. The van der Waals surface area contributed by atoms with Crippen LogP contribution in [0.25, 0.3) is 10.9 Å². The molecular formula is C16H14BrN3O. The molecule has 0 atom stereocenters. The summed E-state index contributed by atoms with van der Waals surface area (Å²) in [5.74, 6) is -0.103. The third-order valence-electron chi connectivity index (χ3n) is 3.32. The number of H-pyrrole nitrogens is 1. The highest BCUT2D eigenvalue weighted by Crippen LogP contribution is 2.20. The summed E-state index contributed by atoms with van der Waals surface area (Å²) in [7, 11) is 0. The third-order valence-corrected chi connectivity index (χ3v) is 3.85. The van der Waals surface area contributed by atoms with E-state index < -0.39 is 0 Å². The fourth-order valence-electron chi connectivity index (χ4n) is 2.21. The van der Waals surface area contributed by atoms with Crippen molar-refractivity contribution >= 4 is 38.4 Å².